The van der Waals surface area contributed by atoms with Crippen LogP contribution in [-0.2, 0) is 14.3 Å². The molecule has 1 fully saturated rings. The summed E-state index contributed by atoms with van der Waals surface area (Å²) < 4.78 is 4.89. The lowest BCUT2D eigenvalue weighted by Crippen LogP contribution is -2.41. The van der Waals surface area contributed by atoms with Gasteiger partial charge in [0, 0.05) is 6.04 Å². The van der Waals surface area contributed by atoms with Crippen molar-refractivity contribution in [1.82, 2.24) is 5.32 Å². The Bertz CT molecular complexity index is 301. The van der Waals surface area contributed by atoms with Crippen LogP contribution in [0.3, 0.4) is 0 Å². The van der Waals surface area contributed by atoms with Crippen molar-refractivity contribution in [3.63, 3.8) is 0 Å². The van der Waals surface area contributed by atoms with E-state index in [0.717, 1.165) is 12.8 Å². The van der Waals surface area contributed by atoms with Crippen LogP contribution in [0, 0.1) is 5.92 Å². The first-order valence-corrected chi connectivity index (χ1v) is 8.17. The molecular formula is C14H25NO3S. The molecule has 0 aromatic rings. The molecule has 0 bridgehead atoms. The lowest BCUT2D eigenvalue weighted by molar-refractivity contribution is -0.139. The van der Waals surface area contributed by atoms with Gasteiger partial charge in [-0.2, -0.15) is 0 Å². The van der Waals surface area contributed by atoms with Crippen LogP contribution in [-0.4, -0.2) is 35.5 Å². The summed E-state index contributed by atoms with van der Waals surface area (Å²) in [6.45, 7) is 6.20. The normalized spacial score (nSPS) is 17.5. The third-order valence-electron chi connectivity index (χ3n) is 3.25. The van der Waals surface area contributed by atoms with Crippen molar-refractivity contribution < 1.29 is 14.3 Å². The highest BCUT2D eigenvalue weighted by Gasteiger charge is 2.27. The van der Waals surface area contributed by atoms with E-state index in [4.69, 9.17) is 4.74 Å². The molecule has 0 aromatic carbocycles. The maximum Gasteiger partial charge on any atom is 0.315 e. The van der Waals surface area contributed by atoms with Gasteiger partial charge in [-0.3, -0.25) is 9.59 Å². The summed E-state index contributed by atoms with van der Waals surface area (Å²) in [4.78, 5) is 23.6. The molecule has 0 radical (unpaired) electrons. The maximum absolute atomic E-state index is 12.2. The predicted molar refractivity (Wildman–Crippen MR) is 78.1 cm³/mol. The molecule has 0 aromatic heterocycles. The molecule has 0 saturated heterocycles. The largest absolute Gasteiger partial charge is 0.465 e. The van der Waals surface area contributed by atoms with Crippen molar-refractivity contribution in [3.05, 3.63) is 0 Å². The quantitative estimate of drug-likeness (QED) is 0.730. The van der Waals surface area contributed by atoms with Gasteiger partial charge in [-0.25, -0.2) is 0 Å². The molecular weight excluding hydrogens is 262 g/mol. The van der Waals surface area contributed by atoms with Crippen LogP contribution in [0.15, 0.2) is 0 Å². The molecule has 1 unspecified atom stereocenters. The van der Waals surface area contributed by atoms with Gasteiger partial charge in [0.1, 0.15) is 0 Å². The second kappa shape index (κ2) is 8.46. The molecule has 19 heavy (non-hydrogen) atoms. The standard InChI is InChI=1S/C14H25NO3S/c1-4-18-12(16)9-19-13(10(2)3)14(17)15-11-7-5-6-8-11/h10-11,13H,4-9H2,1-3H3,(H,15,17). The molecule has 0 spiro atoms. The average molecular weight is 287 g/mol. The van der Waals surface area contributed by atoms with Gasteiger partial charge in [-0.05, 0) is 25.7 Å². The molecule has 5 heteroatoms. The van der Waals surface area contributed by atoms with Crippen LogP contribution in [0.2, 0.25) is 0 Å². The Morgan fingerprint density at radius 1 is 1.32 bits per heavy atom. The number of carbonyl (C=O) groups excluding carboxylic acids is 2. The van der Waals surface area contributed by atoms with E-state index >= 15 is 0 Å². The lowest BCUT2D eigenvalue weighted by Gasteiger charge is -2.22. The van der Waals surface area contributed by atoms with E-state index in [1.54, 1.807) is 6.92 Å². The van der Waals surface area contributed by atoms with E-state index in [1.165, 1.54) is 24.6 Å². The zero-order chi connectivity index (χ0) is 14.3. The minimum atomic E-state index is -0.244. The van der Waals surface area contributed by atoms with Gasteiger partial charge in [0.2, 0.25) is 5.91 Å². The van der Waals surface area contributed by atoms with E-state index < -0.39 is 0 Å². The summed E-state index contributed by atoms with van der Waals surface area (Å²) in [6, 6.07) is 0.331. The van der Waals surface area contributed by atoms with Gasteiger partial charge in [0.15, 0.2) is 0 Å². The molecule has 0 heterocycles. The number of hydrogen-bond acceptors (Lipinski definition) is 4. The maximum atomic E-state index is 12.2. The number of hydrogen-bond donors (Lipinski definition) is 1. The molecule has 0 aliphatic heterocycles. The third kappa shape index (κ3) is 5.85. The number of thioether (sulfide) groups is 1. The van der Waals surface area contributed by atoms with Crippen LogP contribution in [0.4, 0.5) is 0 Å². The van der Waals surface area contributed by atoms with E-state index in [1.807, 2.05) is 13.8 Å². The van der Waals surface area contributed by atoms with Gasteiger partial charge in [-0.1, -0.05) is 26.7 Å². The predicted octanol–water partition coefficient (Wildman–Crippen LogP) is 2.37. The van der Waals surface area contributed by atoms with Crippen LogP contribution in [0.5, 0.6) is 0 Å². The zero-order valence-electron chi connectivity index (χ0n) is 12.1. The van der Waals surface area contributed by atoms with Crippen LogP contribution in [0.25, 0.3) is 0 Å². The third-order valence-corrected chi connectivity index (χ3v) is 4.77. The Morgan fingerprint density at radius 2 is 1.95 bits per heavy atom. The van der Waals surface area contributed by atoms with Crippen molar-refractivity contribution in [2.24, 2.45) is 5.92 Å². The molecule has 1 rings (SSSR count). The van der Waals surface area contributed by atoms with E-state index in [9.17, 15) is 9.59 Å². The SMILES string of the molecule is CCOC(=O)CSC(C(=O)NC1CCCC1)C(C)C. The van der Waals surface area contributed by atoms with Crippen LogP contribution in [0.1, 0.15) is 46.5 Å². The highest BCUT2D eigenvalue weighted by atomic mass is 32.2. The molecule has 1 aliphatic rings. The van der Waals surface area contributed by atoms with Gasteiger partial charge in [-0.15, -0.1) is 11.8 Å². The number of esters is 1. The minimum absolute atomic E-state index is 0.0659. The Morgan fingerprint density at radius 3 is 2.47 bits per heavy atom. The fraction of sp³-hybridized carbons (Fsp3) is 0.857. The summed E-state index contributed by atoms with van der Waals surface area (Å²) in [5, 5.41) is 2.93. The monoisotopic (exact) mass is 287 g/mol. The molecule has 1 aliphatic carbocycles. The summed E-state index contributed by atoms with van der Waals surface area (Å²) >= 11 is 1.38. The summed E-state index contributed by atoms with van der Waals surface area (Å²) in [6.07, 6.45) is 4.57. The summed E-state index contributed by atoms with van der Waals surface area (Å²) in [7, 11) is 0. The number of rotatable bonds is 7. The smallest absolute Gasteiger partial charge is 0.315 e. The number of carbonyl (C=O) groups is 2. The molecule has 1 amide bonds. The second-order valence-corrected chi connectivity index (χ2v) is 6.40. The van der Waals surface area contributed by atoms with Gasteiger partial charge >= 0.3 is 5.97 Å². The summed E-state index contributed by atoms with van der Waals surface area (Å²) in [5.41, 5.74) is 0. The first-order chi connectivity index (χ1) is 9.04. The molecule has 1 atom stereocenters. The topological polar surface area (TPSA) is 55.4 Å². The average Bonchev–Trinajstić information content (AvgIpc) is 2.81. The Labute approximate surface area is 120 Å². The molecule has 1 saturated carbocycles. The molecule has 1 N–H and O–H groups in total. The van der Waals surface area contributed by atoms with Gasteiger partial charge in [0.05, 0.1) is 17.6 Å². The first kappa shape index (κ1) is 16.3. The Hall–Kier alpha value is -0.710. The van der Waals surface area contributed by atoms with E-state index in [0.29, 0.717) is 12.6 Å². The highest BCUT2D eigenvalue weighted by Crippen LogP contribution is 2.23. The van der Waals surface area contributed by atoms with Crippen LogP contribution < -0.4 is 5.32 Å². The van der Waals surface area contributed by atoms with Crippen molar-refractivity contribution in [3.8, 4) is 0 Å². The van der Waals surface area contributed by atoms with E-state index in [2.05, 4.69) is 5.32 Å². The Kier molecular flexibility index (Phi) is 7.28. The number of ether oxygens (including phenoxy) is 1. The molecule has 4 nitrogen and oxygen atoms in total. The van der Waals surface area contributed by atoms with Crippen molar-refractivity contribution >= 4 is 23.6 Å². The fourth-order valence-electron chi connectivity index (χ4n) is 2.28. The van der Waals surface area contributed by atoms with Crippen molar-refractivity contribution in [2.75, 3.05) is 12.4 Å². The van der Waals surface area contributed by atoms with Crippen LogP contribution >= 0.6 is 11.8 Å². The van der Waals surface area contributed by atoms with Crippen molar-refractivity contribution in [2.45, 2.75) is 57.7 Å². The fourth-order valence-corrected chi connectivity index (χ4v) is 3.29. The number of nitrogens with one attached hydrogen (secondary N) is 1. The minimum Gasteiger partial charge on any atom is -0.465 e. The zero-order valence-corrected chi connectivity index (χ0v) is 12.9. The van der Waals surface area contributed by atoms with Gasteiger partial charge in [0.25, 0.3) is 0 Å². The van der Waals surface area contributed by atoms with E-state index in [-0.39, 0.29) is 28.8 Å². The first-order valence-electron chi connectivity index (χ1n) is 7.12. The van der Waals surface area contributed by atoms with Crippen molar-refractivity contribution in [1.29, 1.82) is 0 Å². The lowest BCUT2D eigenvalue weighted by atomic mass is 10.1. The summed E-state index contributed by atoms with van der Waals surface area (Å²) in [5.74, 6) is 0.276. The second-order valence-electron chi connectivity index (χ2n) is 5.27. The van der Waals surface area contributed by atoms with Gasteiger partial charge < -0.3 is 10.1 Å². The highest BCUT2D eigenvalue weighted by molar-refractivity contribution is 8.01. The molecule has 110 valence electrons. The number of amides is 1. The Balaban J connectivity index is 2.41.